The van der Waals surface area contributed by atoms with E-state index >= 15 is 0 Å². The van der Waals surface area contributed by atoms with Crippen molar-refractivity contribution in [2.75, 3.05) is 39.5 Å². The van der Waals surface area contributed by atoms with E-state index in [4.69, 9.17) is 14.2 Å². The molecule has 0 aromatic heterocycles. The van der Waals surface area contributed by atoms with Crippen molar-refractivity contribution in [3.05, 3.63) is 48.0 Å². The number of amides is 8. The van der Waals surface area contributed by atoms with Crippen LogP contribution in [0.3, 0.4) is 0 Å². The van der Waals surface area contributed by atoms with E-state index < -0.39 is 128 Å². The molecule has 2 atom stereocenters. The zero-order valence-electron chi connectivity index (χ0n) is 35.1. The van der Waals surface area contributed by atoms with E-state index in [1.807, 2.05) is 0 Å². The molecule has 21 heteroatoms. The number of carbonyl (C=O) groups is 10. The molecule has 1 aromatic carbocycles. The SMILES string of the molecule is CC(C)(C)OC(=O)CN(C[C@@H](C(=O)NCC(=O)NCC(=O)N[C@@H](Cc1ccccc1)C(=O)NCC(=O)NCOC1(C(=O)O)CCCC1)N1C(=O)C=CC1=O)C(=O)OC(C)(C)C. The van der Waals surface area contributed by atoms with Crippen LogP contribution in [0.4, 0.5) is 4.79 Å². The van der Waals surface area contributed by atoms with Crippen LogP contribution in [0.1, 0.15) is 72.8 Å². The van der Waals surface area contributed by atoms with Gasteiger partial charge >= 0.3 is 18.0 Å². The van der Waals surface area contributed by atoms with Gasteiger partial charge in [-0.3, -0.25) is 48.2 Å². The molecule has 334 valence electrons. The van der Waals surface area contributed by atoms with Crippen LogP contribution in [0, 0.1) is 0 Å². The lowest BCUT2D eigenvalue weighted by Gasteiger charge is -2.32. The zero-order chi connectivity index (χ0) is 45.5. The number of imide groups is 1. The van der Waals surface area contributed by atoms with Gasteiger partial charge in [-0.2, -0.15) is 0 Å². The highest BCUT2D eigenvalue weighted by Gasteiger charge is 2.43. The number of carbonyl (C=O) groups excluding carboxylic acids is 9. The Balaban J connectivity index is 1.61. The van der Waals surface area contributed by atoms with Crippen LogP contribution in [0.2, 0.25) is 0 Å². The first-order valence-corrected chi connectivity index (χ1v) is 19.5. The summed E-state index contributed by atoms with van der Waals surface area (Å²) in [6.45, 7) is 5.66. The van der Waals surface area contributed by atoms with Gasteiger partial charge in [0.15, 0.2) is 5.60 Å². The van der Waals surface area contributed by atoms with Gasteiger partial charge in [0.05, 0.1) is 26.2 Å². The summed E-state index contributed by atoms with van der Waals surface area (Å²) in [6.07, 6.45) is 2.71. The third-order valence-electron chi connectivity index (χ3n) is 8.89. The second-order valence-corrected chi connectivity index (χ2v) is 16.3. The van der Waals surface area contributed by atoms with Gasteiger partial charge in [-0.25, -0.2) is 9.59 Å². The highest BCUT2D eigenvalue weighted by molar-refractivity contribution is 6.15. The Kier molecular flexibility index (Phi) is 17.5. The number of esters is 1. The number of hydrogen-bond donors (Lipinski definition) is 6. The summed E-state index contributed by atoms with van der Waals surface area (Å²) >= 11 is 0. The molecule has 1 aromatic rings. The molecule has 1 saturated carbocycles. The molecule has 6 N–H and O–H groups in total. The molecular formula is C40H55N7O14. The lowest BCUT2D eigenvalue weighted by atomic mass is 10.0. The Hall–Kier alpha value is -6.38. The molecule has 3 rings (SSSR count). The molecule has 1 aliphatic carbocycles. The van der Waals surface area contributed by atoms with Crippen LogP contribution >= 0.6 is 0 Å². The van der Waals surface area contributed by atoms with Crippen molar-refractivity contribution in [2.45, 2.75) is 103 Å². The van der Waals surface area contributed by atoms with Crippen molar-refractivity contribution in [3.63, 3.8) is 0 Å². The highest BCUT2D eigenvalue weighted by atomic mass is 16.6. The molecule has 21 nitrogen and oxygen atoms in total. The number of rotatable bonds is 20. The molecule has 8 amide bonds. The van der Waals surface area contributed by atoms with Gasteiger partial charge < -0.3 is 45.9 Å². The van der Waals surface area contributed by atoms with Crippen LogP contribution in [0.5, 0.6) is 0 Å². The molecule has 0 spiro atoms. The maximum atomic E-state index is 13.5. The van der Waals surface area contributed by atoms with Crippen LogP contribution in [-0.2, 0) is 63.8 Å². The van der Waals surface area contributed by atoms with Crippen molar-refractivity contribution >= 4 is 59.4 Å². The number of hydrogen-bond acceptors (Lipinski definition) is 13. The largest absolute Gasteiger partial charge is 0.479 e. The first-order valence-electron chi connectivity index (χ1n) is 19.5. The molecule has 0 radical (unpaired) electrons. The summed E-state index contributed by atoms with van der Waals surface area (Å²) < 4.78 is 16.2. The summed E-state index contributed by atoms with van der Waals surface area (Å²) in [5.41, 5.74) is -2.72. The zero-order valence-corrected chi connectivity index (χ0v) is 35.1. The number of nitrogens with zero attached hydrogens (tertiary/aromatic N) is 2. The molecule has 0 unspecified atom stereocenters. The van der Waals surface area contributed by atoms with E-state index in [1.165, 1.54) is 0 Å². The first-order chi connectivity index (χ1) is 28.5. The van der Waals surface area contributed by atoms with Crippen LogP contribution in [0.15, 0.2) is 42.5 Å². The number of nitrogens with one attached hydrogen (secondary N) is 5. The average molecular weight is 858 g/mol. The van der Waals surface area contributed by atoms with Gasteiger partial charge in [0.2, 0.25) is 29.5 Å². The maximum absolute atomic E-state index is 13.5. The lowest BCUT2D eigenvalue weighted by molar-refractivity contribution is -0.167. The lowest BCUT2D eigenvalue weighted by Crippen LogP contribution is -2.57. The summed E-state index contributed by atoms with van der Waals surface area (Å²) in [4.78, 5) is 129. The second-order valence-electron chi connectivity index (χ2n) is 16.3. The number of aliphatic carboxylic acids is 1. The fourth-order valence-electron chi connectivity index (χ4n) is 6.07. The van der Waals surface area contributed by atoms with Crippen LogP contribution < -0.4 is 26.6 Å². The number of ether oxygens (including phenoxy) is 3. The van der Waals surface area contributed by atoms with Crippen LogP contribution in [0.25, 0.3) is 0 Å². The van der Waals surface area contributed by atoms with Gasteiger partial charge in [0.25, 0.3) is 11.8 Å². The molecule has 1 aliphatic heterocycles. The monoisotopic (exact) mass is 857 g/mol. The van der Waals surface area contributed by atoms with Crippen molar-refractivity contribution in [1.82, 2.24) is 36.4 Å². The highest BCUT2D eigenvalue weighted by Crippen LogP contribution is 2.33. The van der Waals surface area contributed by atoms with E-state index in [1.54, 1.807) is 71.9 Å². The minimum atomic E-state index is -1.75. The van der Waals surface area contributed by atoms with Gasteiger partial charge in [-0.05, 0) is 72.8 Å². The van der Waals surface area contributed by atoms with Crippen molar-refractivity contribution < 1.29 is 67.3 Å². The van der Waals surface area contributed by atoms with Crippen LogP contribution in [-0.4, -0.2) is 143 Å². The third kappa shape index (κ3) is 16.3. The Morgan fingerprint density at radius 2 is 1.30 bits per heavy atom. The van der Waals surface area contributed by atoms with Gasteiger partial charge in [-0.15, -0.1) is 0 Å². The van der Waals surface area contributed by atoms with Gasteiger partial charge in [-0.1, -0.05) is 30.3 Å². The van der Waals surface area contributed by atoms with Crippen molar-refractivity contribution in [1.29, 1.82) is 0 Å². The number of carboxylic acid groups (broad SMARTS) is 1. The maximum Gasteiger partial charge on any atom is 0.410 e. The Morgan fingerprint density at radius 1 is 0.754 bits per heavy atom. The smallest absolute Gasteiger partial charge is 0.410 e. The average Bonchev–Trinajstić information content (AvgIpc) is 3.78. The van der Waals surface area contributed by atoms with Gasteiger partial charge in [0, 0.05) is 18.6 Å². The summed E-state index contributed by atoms with van der Waals surface area (Å²) in [6, 6.07) is 5.63. The minimum Gasteiger partial charge on any atom is -0.479 e. The Bertz CT molecular complexity index is 1830. The molecular weight excluding hydrogens is 802 g/mol. The second kappa shape index (κ2) is 21.7. The van der Waals surface area contributed by atoms with E-state index in [2.05, 4.69) is 26.6 Å². The van der Waals surface area contributed by atoms with E-state index in [9.17, 15) is 53.1 Å². The number of carboxylic acids is 1. The summed E-state index contributed by atoms with van der Waals surface area (Å²) in [5, 5.41) is 21.4. The molecule has 61 heavy (non-hydrogen) atoms. The predicted molar refractivity (Wildman–Crippen MR) is 212 cm³/mol. The Labute approximate surface area is 352 Å². The number of benzene rings is 1. The summed E-state index contributed by atoms with van der Waals surface area (Å²) in [5.74, 6) is -8.01. The van der Waals surface area contributed by atoms with Gasteiger partial charge in [0.1, 0.15) is 36.6 Å². The molecule has 0 bridgehead atoms. The topological polar surface area (TPSA) is 285 Å². The third-order valence-corrected chi connectivity index (χ3v) is 8.89. The molecule has 0 saturated heterocycles. The Morgan fingerprint density at radius 3 is 1.85 bits per heavy atom. The predicted octanol–water partition coefficient (Wildman–Crippen LogP) is -0.577. The first kappa shape index (κ1) is 49.0. The van der Waals surface area contributed by atoms with Crippen molar-refractivity contribution in [2.24, 2.45) is 0 Å². The normalized spacial score (nSPS) is 15.5. The standard InChI is InChI=1S/C40H55N7O14/c1-38(2,3)60-33(53)23-46(37(58)61-39(4,5)6)22-27(47-31(51)14-15-32(47)52)35(55)43-19-28(48)41-21-30(50)45-26(18-25-12-8-7-9-13-25)34(54)42-20-29(49)44-24-59-40(36(56)57)16-10-11-17-40/h7-9,12-15,26-27H,10-11,16-24H2,1-6H3,(H,41,48)(H,42,54)(H,43,55)(H,44,49)(H,45,50)(H,56,57)/t26-,27-/m0/s1. The van der Waals surface area contributed by atoms with E-state index in [0.29, 0.717) is 36.1 Å². The fourth-order valence-corrected chi connectivity index (χ4v) is 6.07. The minimum absolute atomic E-state index is 0.00724. The fraction of sp³-hybridized carbons (Fsp3) is 0.550. The van der Waals surface area contributed by atoms with E-state index in [0.717, 1.165) is 17.1 Å². The molecule has 2 aliphatic rings. The quantitative estimate of drug-likeness (QED) is 0.0544. The molecule has 1 heterocycles. The van der Waals surface area contributed by atoms with Crippen molar-refractivity contribution in [3.8, 4) is 0 Å². The molecule has 1 fully saturated rings. The van der Waals surface area contributed by atoms with E-state index in [-0.39, 0.29) is 6.42 Å². The summed E-state index contributed by atoms with van der Waals surface area (Å²) in [7, 11) is 0.